The maximum Gasteiger partial charge on any atom is 0.187 e. The molecule has 0 aliphatic carbocycles. The van der Waals surface area contributed by atoms with Crippen LogP contribution in [0.5, 0.6) is 11.5 Å². The van der Waals surface area contributed by atoms with Gasteiger partial charge in [-0.25, -0.2) is 9.98 Å². The number of aromatic amines is 1. The van der Waals surface area contributed by atoms with Crippen LogP contribution in [-0.2, 0) is 0 Å². The third kappa shape index (κ3) is 5.75. The van der Waals surface area contributed by atoms with Crippen molar-refractivity contribution < 1.29 is 9.47 Å². The Labute approximate surface area is 209 Å². The van der Waals surface area contributed by atoms with Crippen LogP contribution in [0.2, 0.25) is 0 Å². The molecule has 0 amide bonds. The lowest BCUT2D eigenvalue weighted by atomic mass is 10.0. The largest absolute Gasteiger partial charge is 0.494 e. The van der Waals surface area contributed by atoms with E-state index >= 15 is 0 Å². The average Bonchev–Trinajstić information content (AvgIpc) is 2.87. The molecule has 9 heteroatoms. The number of ether oxygens (including phenoxy) is 2. The molecule has 0 atom stereocenters. The van der Waals surface area contributed by atoms with Crippen LogP contribution in [0.25, 0.3) is 22.5 Å². The van der Waals surface area contributed by atoms with Gasteiger partial charge in [0, 0.05) is 34.9 Å². The van der Waals surface area contributed by atoms with Crippen molar-refractivity contribution in [2.45, 2.75) is 27.2 Å². The minimum absolute atomic E-state index is 0.399. The number of pyridine rings is 3. The highest BCUT2D eigenvalue weighted by molar-refractivity contribution is 7.71. The summed E-state index contributed by atoms with van der Waals surface area (Å²) in [5.41, 5.74) is 5.84. The van der Waals surface area contributed by atoms with Crippen molar-refractivity contribution >= 4 is 24.3 Å². The summed E-state index contributed by atoms with van der Waals surface area (Å²) in [5.74, 6) is 1.80. The quantitative estimate of drug-likeness (QED) is 0.247. The Balaban J connectivity index is 1.63. The first kappa shape index (κ1) is 24.2. The zero-order valence-corrected chi connectivity index (χ0v) is 20.9. The van der Waals surface area contributed by atoms with Crippen LogP contribution in [0.15, 0.2) is 54.0 Å². The molecule has 0 spiro atoms. The fourth-order valence-corrected chi connectivity index (χ4v) is 3.63. The van der Waals surface area contributed by atoms with E-state index < -0.39 is 0 Å². The molecule has 178 valence electrons. The molecular weight excluding hydrogens is 460 g/mol. The Hall–Kier alpha value is -3.98. The minimum Gasteiger partial charge on any atom is -0.494 e. The van der Waals surface area contributed by atoms with Crippen LogP contribution in [0.4, 0.5) is 5.82 Å². The second-order valence-electron chi connectivity index (χ2n) is 7.87. The molecule has 0 fully saturated rings. The molecule has 35 heavy (non-hydrogen) atoms. The Morgan fingerprint density at radius 3 is 2.43 bits per heavy atom. The van der Waals surface area contributed by atoms with E-state index in [2.05, 4.69) is 36.8 Å². The van der Waals surface area contributed by atoms with E-state index in [1.807, 2.05) is 38.1 Å². The molecule has 1 N–H and O–H groups in total. The third-order valence-corrected chi connectivity index (χ3v) is 5.45. The van der Waals surface area contributed by atoms with Crippen molar-refractivity contribution in [1.82, 2.24) is 24.9 Å². The van der Waals surface area contributed by atoms with E-state index in [9.17, 15) is 0 Å². The standard InChI is InChI=1S/C26H26N6O2S/c1-5-8-34-19-6-7-22(29-13-19)23-14-31-25(26(35)32-23)30-12-18-11-27-16(2)9-20(18)21-10-17(3)28-15-24(21)33-4/h6-7,9-15H,5,8H2,1-4H3,(H,32,35). The van der Waals surface area contributed by atoms with E-state index in [4.69, 9.17) is 21.7 Å². The van der Waals surface area contributed by atoms with Gasteiger partial charge in [-0.1, -0.05) is 19.1 Å². The molecule has 0 aliphatic heterocycles. The number of aliphatic imine (C=N–C) groups is 1. The number of hydrogen-bond acceptors (Lipinski definition) is 8. The molecule has 0 aromatic carbocycles. The van der Waals surface area contributed by atoms with E-state index in [1.165, 1.54) is 0 Å². The van der Waals surface area contributed by atoms with Gasteiger partial charge in [-0.05, 0) is 50.1 Å². The van der Waals surface area contributed by atoms with Gasteiger partial charge in [0.2, 0.25) is 0 Å². The maximum absolute atomic E-state index is 5.59. The molecule has 0 bridgehead atoms. The minimum atomic E-state index is 0.399. The van der Waals surface area contributed by atoms with Gasteiger partial charge in [0.05, 0.1) is 43.7 Å². The smallest absolute Gasteiger partial charge is 0.187 e. The van der Waals surface area contributed by atoms with Crippen molar-refractivity contribution in [2.75, 3.05) is 13.7 Å². The van der Waals surface area contributed by atoms with E-state index in [1.54, 1.807) is 38.1 Å². The molecule has 4 aromatic rings. The molecule has 0 radical (unpaired) electrons. The van der Waals surface area contributed by atoms with Gasteiger partial charge in [0.1, 0.15) is 16.1 Å². The van der Waals surface area contributed by atoms with Crippen LogP contribution >= 0.6 is 12.2 Å². The molecule has 0 saturated carbocycles. The SMILES string of the molecule is CCCOc1ccc(-c2cnc(N=Cc3cnc(C)cc3-c3cc(C)ncc3OC)c(=S)[nH]2)nc1. The van der Waals surface area contributed by atoms with Gasteiger partial charge in [0.15, 0.2) is 5.82 Å². The Kier molecular flexibility index (Phi) is 7.57. The molecule has 0 aliphatic rings. The molecule has 0 saturated heterocycles. The van der Waals surface area contributed by atoms with Crippen molar-refractivity contribution in [3.63, 3.8) is 0 Å². The first-order valence-electron chi connectivity index (χ1n) is 11.2. The van der Waals surface area contributed by atoms with E-state index in [0.29, 0.717) is 34.2 Å². The average molecular weight is 487 g/mol. The van der Waals surface area contributed by atoms with Gasteiger partial charge in [0.25, 0.3) is 0 Å². The zero-order valence-electron chi connectivity index (χ0n) is 20.1. The number of aromatic nitrogens is 5. The van der Waals surface area contributed by atoms with Gasteiger partial charge >= 0.3 is 0 Å². The Morgan fingerprint density at radius 2 is 1.74 bits per heavy atom. The summed E-state index contributed by atoms with van der Waals surface area (Å²) in [5, 5.41) is 0. The predicted octanol–water partition coefficient (Wildman–Crippen LogP) is 5.82. The van der Waals surface area contributed by atoms with Gasteiger partial charge in [-0.3, -0.25) is 15.0 Å². The highest BCUT2D eigenvalue weighted by Crippen LogP contribution is 2.32. The summed E-state index contributed by atoms with van der Waals surface area (Å²) in [4.78, 5) is 25.4. The number of rotatable bonds is 8. The van der Waals surface area contributed by atoms with Crippen molar-refractivity contribution in [1.29, 1.82) is 0 Å². The third-order valence-electron chi connectivity index (χ3n) is 5.16. The molecule has 4 heterocycles. The van der Waals surface area contributed by atoms with Crippen LogP contribution in [0, 0.1) is 18.5 Å². The summed E-state index contributed by atoms with van der Waals surface area (Å²) in [6, 6.07) is 7.72. The first-order chi connectivity index (χ1) is 17.0. The van der Waals surface area contributed by atoms with Crippen LogP contribution in [0.3, 0.4) is 0 Å². The lowest BCUT2D eigenvalue weighted by molar-refractivity contribution is 0.316. The molecule has 4 aromatic heterocycles. The lowest BCUT2D eigenvalue weighted by Crippen LogP contribution is -1.97. The monoisotopic (exact) mass is 486 g/mol. The second-order valence-corrected chi connectivity index (χ2v) is 8.28. The number of aryl methyl sites for hydroxylation is 2. The highest BCUT2D eigenvalue weighted by atomic mass is 32.1. The fraction of sp³-hybridized carbons (Fsp3) is 0.231. The van der Waals surface area contributed by atoms with E-state index in [-0.39, 0.29) is 0 Å². The van der Waals surface area contributed by atoms with Crippen LogP contribution in [0.1, 0.15) is 30.3 Å². The Morgan fingerprint density at radius 1 is 0.971 bits per heavy atom. The number of nitrogens with one attached hydrogen (secondary N) is 1. The van der Waals surface area contributed by atoms with Gasteiger partial charge in [-0.15, -0.1) is 0 Å². The molecule has 8 nitrogen and oxygen atoms in total. The summed E-state index contributed by atoms with van der Waals surface area (Å²) in [7, 11) is 1.63. The summed E-state index contributed by atoms with van der Waals surface area (Å²) < 4.78 is 11.5. The summed E-state index contributed by atoms with van der Waals surface area (Å²) >= 11 is 5.51. The summed E-state index contributed by atoms with van der Waals surface area (Å²) in [6.07, 6.45) is 9.50. The Bertz CT molecular complexity index is 1420. The maximum atomic E-state index is 5.59. The molecular formula is C26H26N6O2S. The first-order valence-corrected chi connectivity index (χ1v) is 11.6. The number of methoxy groups -OCH3 is 1. The van der Waals surface area contributed by atoms with Gasteiger partial charge in [-0.2, -0.15) is 0 Å². The lowest BCUT2D eigenvalue weighted by Gasteiger charge is -2.12. The topological polar surface area (TPSA) is 98.2 Å². The number of nitrogens with zero attached hydrogens (tertiary/aromatic N) is 5. The zero-order chi connectivity index (χ0) is 24.8. The van der Waals surface area contributed by atoms with Crippen molar-refractivity contribution in [3.8, 4) is 34.0 Å². The van der Waals surface area contributed by atoms with E-state index in [0.717, 1.165) is 40.2 Å². The van der Waals surface area contributed by atoms with Gasteiger partial charge < -0.3 is 14.5 Å². The van der Waals surface area contributed by atoms with Crippen molar-refractivity contribution in [3.05, 3.63) is 70.6 Å². The van der Waals surface area contributed by atoms with Crippen LogP contribution < -0.4 is 9.47 Å². The predicted molar refractivity (Wildman–Crippen MR) is 139 cm³/mol. The van der Waals surface area contributed by atoms with Crippen LogP contribution in [-0.4, -0.2) is 44.9 Å². The number of H-pyrrole nitrogens is 1. The van der Waals surface area contributed by atoms with Crippen molar-refractivity contribution in [2.24, 2.45) is 4.99 Å². The second kappa shape index (κ2) is 11.0. The molecule has 4 rings (SSSR count). The fourth-order valence-electron chi connectivity index (χ4n) is 3.42. The highest BCUT2D eigenvalue weighted by Gasteiger charge is 2.12. The summed E-state index contributed by atoms with van der Waals surface area (Å²) in [6.45, 7) is 6.60. The molecule has 0 unspecified atom stereocenters. The normalized spacial score (nSPS) is 11.1. The number of hydrogen-bond donors (Lipinski definition) is 1.